The summed E-state index contributed by atoms with van der Waals surface area (Å²) in [6, 6.07) is 16.2. The molecule has 1 N–H and O–H groups in total. The molecule has 0 saturated carbocycles. The van der Waals surface area contributed by atoms with Gasteiger partial charge in [-0.1, -0.05) is 57.2 Å². The maximum atomic E-state index is 12.7. The Kier molecular flexibility index (Phi) is 6.59. The highest BCUT2D eigenvalue weighted by Crippen LogP contribution is 2.25. The van der Waals surface area contributed by atoms with Crippen molar-refractivity contribution in [3.8, 4) is 11.3 Å². The van der Waals surface area contributed by atoms with Crippen LogP contribution in [-0.2, 0) is 18.9 Å². The largest absolute Gasteiger partial charge is 0.321 e. The maximum absolute atomic E-state index is 12.7. The monoisotopic (exact) mass is 453 g/mol. The quantitative estimate of drug-likeness (QED) is 0.345. The van der Waals surface area contributed by atoms with Gasteiger partial charge in [0.25, 0.3) is 0 Å². The number of hydrogen-bond donors (Lipinski definition) is 1. The van der Waals surface area contributed by atoms with Crippen LogP contribution in [0.25, 0.3) is 11.3 Å². The fraction of sp³-hybridized carbons (Fsp3) is 0.286. The molecule has 4 rings (SSSR count). The minimum atomic E-state index is 0.0830. The third-order valence-corrected chi connectivity index (χ3v) is 5.95. The Hall–Kier alpha value is -3.80. The molecule has 0 bridgehead atoms. The average molecular weight is 454 g/mol. The zero-order valence-electron chi connectivity index (χ0n) is 20.5. The van der Waals surface area contributed by atoms with E-state index >= 15 is 0 Å². The van der Waals surface area contributed by atoms with Crippen LogP contribution in [0.5, 0.6) is 0 Å². The van der Waals surface area contributed by atoms with Gasteiger partial charge in [-0.15, -0.1) is 0 Å². The molecule has 4 aromatic rings. The molecule has 0 fully saturated rings. The molecule has 0 aliphatic rings. The lowest BCUT2D eigenvalue weighted by Gasteiger charge is -2.19. The van der Waals surface area contributed by atoms with Crippen LogP contribution in [0.1, 0.15) is 54.2 Å². The summed E-state index contributed by atoms with van der Waals surface area (Å²) in [5.74, 6) is 0.696. The van der Waals surface area contributed by atoms with Crippen LogP contribution >= 0.6 is 0 Å². The fourth-order valence-corrected chi connectivity index (χ4v) is 3.88. The smallest absolute Gasteiger partial charge is 0.227 e. The molecular formula is C28H31N5O. The molecule has 2 aromatic heterocycles. The first-order chi connectivity index (χ1) is 16.2. The van der Waals surface area contributed by atoms with E-state index in [1.165, 1.54) is 11.1 Å². The third kappa shape index (κ3) is 5.57. The van der Waals surface area contributed by atoms with Crippen LogP contribution in [0.3, 0.4) is 0 Å². The predicted molar refractivity (Wildman–Crippen MR) is 136 cm³/mol. The molecule has 0 saturated heterocycles. The van der Waals surface area contributed by atoms with E-state index in [0.29, 0.717) is 18.8 Å². The molecule has 6 nitrogen and oxygen atoms in total. The molecule has 0 aliphatic heterocycles. The number of nitrogens with one attached hydrogen (secondary N) is 1. The standard InChI is InChI=1S/C28H31N5O/c1-19-16-22(25-14-15-29-27(32-25)31-24-17-30-33(5)18-24)7-6-20(19)10-13-26(34)21-8-11-23(12-9-21)28(2,3)4/h6-9,11-12,14-18H,10,13H2,1-5H3,(H,29,31,32). The van der Waals surface area contributed by atoms with Gasteiger partial charge in [0.15, 0.2) is 5.78 Å². The summed E-state index contributed by atoms with van der Waals surface area (Å²) in [6.45, 7) is 8.61. The van der Waals surface area contributed by atoms with Gasteiger partial charge in [0.05, 0.1) is 17.6 Å². The second-order valence-corrected chi connectivity index (χ2v) is 9.68. The Morgan fingerprint density at radius 1 is 1.06 bits per heavy atom. The van der Waals surface area contributed by atoms with Crippen LogP contribution in [0.4, 0.5) is 11.6 Å². The van der Waals surface area contributed by atoms with Gasteiger partial charge in [0, 0.05) is 37.0 Å². The lowest BCUT2D eigenvalue weighted by atomic mass is 9.86. The number of hydrogen-bond acceptors (Lipinski definition) is 5. The van der Waals surface area contributed by atoms with E-state index in [1.807, 2.05) is 31.4 Å². The van der Waals surface area contributed by atoms with Gasteiger partial charge in [-0.05, 0) is 47.6 Å². The molecule has 174 valence electrons. The normalized spacial score (nSPS) is 11.4. The summed E-state index contributed by atoms with van der Waals surface area (Å²) in [5, 5.41) is 7.33. The Morgan fingerprint density at radius 2 is 1.82 bits per heavy atom. The van der Waals surface area contributed by atoms with Crippen molar-refractivity contribution in [1.82, 2.24) is 19.7 Å². The van der Waals surface area contributed by atoms with Gasteiger partial charge in [0.2, 0.25) is 5.95 Å². The van der Waals surface area contributed by atoms with Crippen LogP contribution in [0.2, 0.25) is 0 Å². The van der Waals surface area contributed by atoms with Gasteiger partial charge >= 0.3 is 0 Å². The second kappa shape index (κ2) is 9.59. The van der Waals surface area contributed by atoms with Crippen molar-refractivity contribution in [2.75, 3.05) is 5.32 Å². The lowest BCUT2D eigenvalue weighted by molar-refractivity contribution is 0.0982. The number of ketones is 1. The number of aromatic nitrogens is 4. The first-order valence-electron chi connectivity index (χ1n) is 11.5. The second-order valence-electron chi connectivity index (χ2n) is 9.68. The Labute approximate surface area is 201 Å². The van der Waals surface area contributed by atoms with Gasteiger partial charge in [-0.25, -0.2) is 9.97 Å². The number of carbonyl (C=O) groups excluding carboxylic acids is 1. The predicted octanol–water partition coefficient (Wildman–Crippen LogP) is 6.04. The molecule has 2 heterocycles. The van der Waals surface area contributed by atoms with Crippen molar-refractivity contribution >= 4 is 17.4 Å². The number of nitrogens with zero attached hydrogens (tertiary/aromatic N) is 4. The summed E-state index contributed by atoms with van der Waals surface area (Å²) < 4.78 is 1.72. The van der Waals surface area contributed by atoms with E-state index in [9.17, 15) is 4.79 Å². The van der Waals surface area contributed by atoms with E-state index in [4.69, 9.17) is 0 Å². The Balaban J connectivity index is 1.42. The minimum absolute atomic E-state index is 0.0830. The zero-order valence-corrected chi connectivity index (χ0v) is 20.5. The van der Waals surface area contributed by atoms with Crippen LogP contribution in [0, 0.1) is 6.92 Å². The summed E-state index contributed by atoms with van der Waals surface area (Å²) in [5.41, 5.74) is 7.10. The highest BCUT2D eigenvalue weighted by atomic mass is 16.1. The molecule has 0 aliphatic carbocycles. The average Bonchev–Trinajstić information content (AvgIpc) is 3.22. The maximum Gasteiger partial charge on any atom is 0.227 e. The van der Waals surface area contributed by atoms with Crippen molar-refractivity contribution in [2.45, 2.75) is 46.0 Å². The topological polar surface area (TPSA) is 72.7 Å². The first-order valence-corrected chi connectivity index (χ1v) is 11.5. The molecular weight excluding hydrogens is 422 g/mol. The summed E-state index contributed by atoms with van der Waals surface area (Å²) >= 11 is 0. The highest BCUT2D eigenvalue weighted by molar-refractivity contribution is 5.96. The van der Waals surface area contributed by atoms with Crippen LogP contribution < -0.4 is 5.32 Å². The van der Waals surface area contributed by atoms with Gasteiger partial charge in [-0.3, -0.25) is 9.48 Å². The van der Waals surface area contributed by atoms with E-state index in [-0.39, 0.29) is 11.2 Å². The van der Waals surface area contributed by atoms with Crippen molar-refractivity contribution in [2.24, 2.45) is 7.05 Å². The molecule has 0 atom stereocenters. The summed E-state index contributed by atoms with van der Waals surface area (Å²) in [7, 11) is 1.86. The van der Waals surface area contributed by atoms with Gasteiger partial charge < -0.3 is 5.32 Å². The SMILES string of the molecule is Cc1cc(-c2ccnc(Nc3cnn(C)c3)n2)ccc1CCC(=O)c1ccc(C(C)(C)C)cc1. The summed E-state index contributed by atoms with van der Waals surface area (Å²) in [6.07, 6.45) is 6.55. The number of benzene rings is 2. The molecule has 0 amide bonds. The number of aryl methyl sites for hydroxylation is 3. The molecule has 0 spiro atoms. The summed E-state index contributed by atoms with van der Waals surface area (Å²) in [4.78, 5) is 21.7. The number of anilines is 2. The van der Waals surface area contributed by atoms with E-state index < -0.39 is 0 Å². The molecule has 0 radical (unpaired) electrons. The third-order valence-electron chi connectivity index (χ3n) is 5.95. The zero-order chi connectivity index (χ0) is 24.3. The van der Waals surface area contributed by atoms with E-state index in [1.54, 1.807) is 17.1 Å². The van der Waals surface area contributed by atoms with E-state index in [2.05, 4.69) is 78.4 Å². The van der Waals surface area contributed by atoms with Crippen molar-refractivity contribution in [1.29, 1.82) is 0 Å². The Morgan fingerprint density at radius 3 is 2.47 bits per heavy atom. The molecule has 0 unspecified atom stereocenters. The molecule has 2 aromatic carbocycles. The molecule has 6 heteroatoms. The highest BCUT2D eigenvalue weighted by Gasteiger charge is 2.15. The molecule has 34 heavy (non-hydrogen) atoms. The van der Waals surface area contributed by atoms with Crippen LogP contribution in [0.15, 0.2) is 67.1 Å². The van der Waals surface area contributed by atoms with Gasteiger partial charge in [0.1, 0.15) is 0 Å². The first kappa shape index (κ1) is 23.4. The number of Topliss-reactive ketones (excluding diaryl/α,β-unsaturated/α-hetero) is 1. The van der Waals surface area contributed by atoms with E-state index in [0.717, 1.165) is 28.1 Å². The van der Waals surface area contributed by atoms with Gasteiger partial charge in [-0.2, -0.15) is 5.10 Å². The van der Waals surface area contributed by atoms with Crippen molar-refractivity contribution in [3.63, 3.8) is 0 Å². The van der Waals surface area contributed by atoms with Crippen LogP contribution in [-0.4, -0.2) is 25.5 Å². The number of rotatable bonds is 7. The fourth-order valence-electron chi connectivity index (χ4n) is 3.88. The number of carbonyl (C=O) groups is 1. The Bertz CT molecular complexity index is 1300. The lowest BCUT2D eigenvalue weighted by Crippen LogP contribution is -2.11. The van der Waals surface area contributed by atoms with Crippen molar-refractivity contribution in [3.05, 3.63) is 89.4 Å². The minimum Gasteiger partial charge on any atom is -0.321 e. The van der Waals surface area contributed by atoms with Crippen molar-refractivity contribution < 1.29 is 4.79 Å².